The van der Waals surface area contributed by atoms with Gasteiger partial charge in [-0.1, -0.05) is 28.1 Å². The fourth-order valence-corrected chi connectivity index (χ4v) is 3.16. The van der Waals surface area contributed by atoms with Gasteiger partial charge in [0.1, 0.15) is 0 Å². The number of nitrogens with zero attached hydrogens (tertiary/aromatic N) is 1. The molecule has 0 bridgehead atoms. The van der Waals surface area contributed by atoms with E-state index in [4.69, 9.17) is 0 Å². The number of benzene rings is 1. The maximum atomic E-state index is 13.0. The van der Waals surface area contributed by atoms with E-state index in [1.807, 2.05) is 22.4 Å². The molecule has 0 amide bonds. The molecule has 1 aromatic heterocycles. The monoisotopic (exact) mass is 363 g/mol. The van der Waals surface area contributed by atoms with Gasteiger partial charge in [0, 0.05) is 22.9 Å². The highest BCUT2D eigenvalue weighted by atomic mass is 79.9. The lowest BCUT2D eigenvalue weighted by Gasteiger charge is -2.21. The Kier molecular flexibility index (Phi) is 4.75. The van der Waals surface area contributed by atoms with Crippen molar-refractivity contribution in [1.29, 1.82) is 0 Å². The topological polar surface area (TPSA) is 3.24 Å². The molecule has 2 rings (SSSR count). The first-order valence-corrected chi connectivity index (χ1v) is 7.91. The van der Waals surface area contributed by atoms with Crippen molar-refractivity contribution in [2.45, 2.75) is 18.1 Å². The van der Waals surface area contributed by atoms with Crippen LogP contribution in [0.25, 0.3) is 0 Å². The Morgan fingerprint density at radius 2 is 2.00 bits per heavy atom. The molecule has 0 spiro atoms. The molecule has 0 aliphatic heterocycles. The quantitative estimate of drug-likeness (QED) is 0.666. The van der Waals surface area contributed by atoms with Gasteiger partial charge in [-0.05, 0) is 29.1 Å². The molecule has 1 aromatic carbocycles. The average Bonchev–Trinajstić information content (AvgIpc) is 2.89. The van der Waals surface area contributed by atoms with Crippen molar-refractivity contribution in [1.82, 2.24) is 0 Å². The zero-order valence-electron chi connectivity index (χ0n) is 10.7. The second kappa shape index (κ2) is 6.18. The van der Waals surface area contributed by atoms with Gasteiger partial charge in [0.15, 0.2) is 0 Å². The van der Waals surface area contributed by atoms with E-state index in [1.54, 1.807) is 24.5 Å². The predicted octanol–water partition coefficient (Wildman–Crippen LogP) is 5.30. The van der Waals surface area contributed by atoms with Crippen LogP contribution in [-0.4, -0.2) is 7.05 Å². The van der Waals surface area contributed by atoms with E-state index in [9.17, 15) is 13.2 Å². The van der Waals surface area contributed by atoms with E-state index in [0.29, 0.717) is 12.2 Å². The minimum Gasteiger partial charge on any atom is -0.369 e. The van der Waals surface area contributed by atoms with E-state index in [0.717, 1.165) is 4.88 Å². The summed E-state index contributed by atoms with van der Waals surface area (Å²) in [5.74, 6) is 0. The highest BCUT2D eigenvalue weighted by Crippen LogP contribution is 2.35. The summed E-state index contributed by atoms with van der Waals surface area (Å²) in [6, 6.07) is 8.36. The standard InChI is InChI=1S/C14H13BrF3NS/c1-19(9-12-3-2-6-20-12)11-5-4-10(8-15)13(7-11)14(16,17)18/h2-7H,8-9H2,1H3. The summed E-state index contributed by atoms with van der Waals surface area (Å²) in [6.07, 6.45) is -4.33. The molecule has 2 aromatic rings. The molecule has 6 heteroatoms. The van der Waals surface area contributed by atoms with Gasteiger partial charge < -0.3 is 4.90 Å². The molecule has 20 heavy (non-hydrogen) atoms. The first kappa shape index (κ1) is 15.4. The first-order valence-electron chi connectivity index (χ1n) is 5.91. The Balaban J connectivity index is 2.28. The molecule has 0 saturated carbocycles. The van der Waals surface area contributed by atoms with Crippen molar-refractivity contribution in [3.05, 3.63) is 51.7 Å². The van der Waals surface area contributed by atoms with Gasteiger partial charge in [-0.2, -0.15) is 13.2 Å². The van der Waals surface area contributed by atoms with Crippen molar-refractivity contribution < 1.29 is 13.2 Å². The number of hydrogen-bond donors (Lipinski definition) is 0. The number of anilines is 1. The van der Waals surface area contributed by atoms with Crippen LogP contribution in [0, 0.1) is 0 Å². The molecule has 0 N–H and O–H groups in total. The van der Waals surface area contributed by atoms with E-state index in [1.165, 1.54) is 12.1 Å². The maximum Gasteiger partial charge on any atom is 0.416 e. The van der Waals surface area contributed by atoms with Crippen molar-refractivity contribution in [3.8, 4) is 0 Å². The lowest BCUT2D eigenvalue weighted by Crippen LogP contribution is -2.17. The van der Waals surface area contributed by atoms with Crippen LogP contribution < -0.4 is 4.90 Å². The van der Waals surface area contributed by atoms with Gasteiger partial charge in [-0.3, -0.25) is 0 Å². The van der Waals surface area contributed by atoms with Gasteiger partial charge in [0.25, 0.3) is 0 Å². The summed E-state index contributed by atoms with van der Waals surface area (Å²) in [4.78, 5) is 2.93. The van der Waals surface area contributed by atoms with E-state index < -0.39 is 11.7 Å². The summed E-state index contributed by atoms with van der Waals surface area (Å²) in [7, 11) is 1.79. The molecule has 1 nitrogen and oxygen atoms in total. The Labute approximate surface area is 128 Å². The van der Waals surface area contributed by atoms with Crippen LogP contribution in [0.4, 0.5) is 18.9 Å². The van der Waals surface area contributed by atoms with Gasteiger partial charge in [0.05, 0.1) is 12.1 Å². The highest BCUT2D eigenvalue weighted by molar-refractivity contribution is 9.08. The van der Waals surface area contributed by atoms with Gasteiger partial charge in [0.2, 0.25) is 0 Å². The normalized spacial score (nSPS) is 11.7. The number of rotatable bonds is 4. The van der Waals surface area contributed by atoms with Crippen molar-refractivity contribution in [2.75, 3.05) is 11.9 Å². The third-order valence-electron chi connectivity index (χ3n) is 2.96. The number of alkyl halides is 4. The van der Waals surface area contributed by atoms with E-state index in [-0.39, 0.29) is 10.9 Å². The zero-order valence-corrected chi connectivity index (χ0v) is 13.1. The van der Waals surface area contributed by atoms with Gasteiger partial charge in [-0.25, -0.2) is 0 Å². The van der Waals surface area contributed by atoms with Crippen LogP contribution >= 0.6 is 27.3 Å². The highest BCUT2D eigenvalue weighted by Gasteiger charge is 2.33. The van der Waals surface area contributed by atoms with Gasteiger partial charge in [-0.15, -0.1) is 11.3 Å². The lowest BCUT2D eigenvalue weighted by atomic mass is 10.1. The van der Waals surface area contributed by atoms with Crippen molar-refractivity contribution in [3.63, 3.8) is 0 Å². The fourth-order valence-electron chi connectivity index (χ4n) is 1.91. The fraction of sp³-hybridized carbons (Fsp3) is 0.286. The minimum atomic E-state index is -4.33. The molecule has 0 radical (unpaired) electrons. The third kappa shape index (κ3) is 3.55. The van der Waals surface area contributed by atoms with Crippen LogP contribution in [0.15, 0.2) is 35.7 Å². The minimum absolute atomic E-state index is 0.191. The molecule has 0 atom stereocenters. The Hall–Kier alpha value is -1.01. The van der Waals surface area contributed by atoms with Crippen LogP contribution in [0.2, 0.25) is 0 Å². The Morgan fingerprint density at radius 1 is 1.25 bits per heavy atom. The van der Waals surface area contributed by atoms with E-state index >= 15 is 0 Å². The second-order valence-electron chi connectivity index (χ2n) is 4.41. The average molecular weight is 364 g/mol. The Bertz CT molecular complexity index is 566. The molecule has 108 valence electrons. The molecular formula is C14H13BrF3NS. The van der Waals surface area contributed by atoms with Crippen molar-refractivity contribution >= 4 is 33.0 Å². The largest absolute Gasteiger partial charge is 0.416 e. The molecule has 0 aliphatic carbocycles. The number of hydrogen-bond acceptors (Lipinski definition) is 2. The summed E-state index contributed by atoms with van der Waals surface area (Å²) >= 11 is 4.69. The van der Waals surface area contributed by atoms with Crippen LogP contribution in [-0.2, 0) is 18.1 Å². The molecule has 0 fully saturated rings. The summed E-state index contributed by atoms with van der Waals surface area (Å²) in [6.45, 7) is 0.600. The molecule has 0 unspecified atom stereocenters. The predicted molar refractivity (Wildman–Crippen MR) is 80.5 cm³/mol. The summed E-state index contributed by atoms with van der Waals surface area (Å²) < 4.78 is 39.1. The number of halogens is 4. The van der Waals surface area contributed by atoms with Crippen LogP contribution in [0.5, 0.6) is 0 Å². The van der Waals surface area contributed by atoms with Crippen LogP contribution in [0.1, 0.15) is 16.0 Å². The van der Waals surface area contributed by atoms with Gasteiger partial charge >= 0.3 is 6.18 Å². The zero-order chi connectivity index (χ0) is 14.8. The lowest BCUT2D eigenvalue weighted by molar-refractivity contribution is -0.138. The summed E-state index contributed by atoms with van der Waals surface area (Å²) in [5.41, 5.74) is 0.242. The molecule has 0 saturated heterocycles. The number of thiophene rings is 1. The molecule has 1 heterocycles. The van der Waals surface area contributed by atoms with Crippen LogP contribution in [0.3, 0.4) is 0 Å². The first-order chi connectivity index (χ1) is 9.41. The molecule has 0 aliphatic rings. The SMILES string of the molecule is CN(Cc1cccs1)c1ccc(CBr)c(C(F)(F)F)c1. The Morgan fingerprint density at radius 3 is 2.55 bits per heavy atom. The van der Waals surface area contributed by atoms with E-state index in [2.05, 4.69) is 15.9 Å². The van der Waals surface area contributed by atoms with Crippen molar-refractivity contribution in [2.24, 2.45) is 0 Å². The summed E-state index contributed by atoms with van der Waals surface area (Å²) in [5, 5.41) is 2.15. The maximum absolute atomic E-state index is 13.0. The second-order valence-corrected chi connectivity index (χ2v) is 6.00. The molecular weight excluding hydrogens is 351 g/mol. The smallest absolute Gasteiger partial charge is 0.369 e. The third-order valence-corrected chi connectivity index (χ3v) is 4.42.